The van der Waals surface area contributed by atoms with Crippen LogP contribution in [0.4, 0.5) is 20.3 Å². The number of ether oxygens (including phenoxy) is 1. The van der Waals surface area contributed by atoms with E-state index in [1.54, 1.807) is 11.0 Å². The number of likely N-dealkylation sites (tertiary alicyclic amines) is 3. The number of aryl methyl sites for hydroxylation is 1. The number of thiophene rings is 1. The lowest BCUT2D eigenvalue weighted by atomic mass is 9.99. The molecule has 0 spiro atoms. The van der Waals surface area contributed by atoms with Gasteiger partial charge in [0.05, 0.1) is 17.3 Å². The summed E-state index contributed by atoms with van der Waals surface area (Å²) in [5, 5.41) is 6.33. The number of nitrogens with one attached hydrogen (secondary N) is 1. The van der Waals surface area contributed by atoms with E-state index < -0.39 is 12.2 Å². The number of fused-ring (bicyclic) bond motifs is 1. The van der Waals surface area contributed by atoms with Crippen molar-refractivity contribution in [3.8, 4) is 0 Å². The Kier molecular flexibility index (Phi) is 9.53. The molecule has 12 heteroatoms. The maximum Gasteiger partial charge on any atom is 0.410 e. The average molecular weight is 643 g/mol. The lowest BCUT2D eigenvalue weighted by Crippen LogP contribution is -2.52. The van der Waals surface area contributed by atoms with E-state index in [1.807, 2.05) is 34.2 Å². The van der Waals surface area contributed by atoms with Crippen LogP contribution in [0.5, 0.6) is 0 Å². The van der Waals surface area contributed by atoms with Crippen LogP contribution >= 0.6 is 22.9 Å². The molecule has 10 nitrogen and oxygen atoms in total. The molecule has 0 unspecified atom stereocenters. The molecular weight excluding hydrogens is 600 g/mol. The quantitative estimate of drug-likeness (QED) is 0.402. The van der Waals surface area contributed by atoms with Crippen molar-refractivity contribution >= 4 is 51.7 Å². The second kappa shape index (κ2) is 13.5. The molecule has 4 aliphatic rings. The zero-order chi connectivity index (χ0) is 30.8. The lowest BCUT2D eigenvalue weighted by Gasteiger charge is -2.40. The van der Waals surface area contributed by atoms with Crippen molar-refractivity contribution in [2.24, 2.45) is 0 Å². The van der Waals surface area contributed by atoms with E-state index >= 15 is 0 Å². The fourth-order valence-corrected chi connectivity index (χ4v) is 8.21. The van der Waals surface area contributed by atoms with E-state index in [1.165, 1.54) is 24.2 Å². The molecule has 3 saturated heterocycles. The van der Waals surface area contributed by atoms with Crippen molar-refractivity contribution in [1.29, 1.82) is 0 Å². The summed E-state index contributed by atoms with van der Waals surface area (Å²) in [5.74, 6) is -0.157. The summed E-state index contributed by atoms with van der Waals surface area (Å²) in [7, 11) is 0. The Morgan fingerprint density at radius 3 is 2.43 bits per heavy atom. The smallest absolute Gasteiger partial charge is 0.410 e. The monoisotopic (exact) mass is 642 g/mol. The highest BCUT2D eigenvalue weighted by atomic mass is 35.5. The number of halogens is 1. The topological polar surface area (TPSA) is 111 Å². The highest BCUT2D eigenvalue weighted by molar-refractivity contribution is 7.14. The molecule has 5 heterocycles. The van der Waals surface area contributed by atoms with E-state index in [4.69, 9.17) is 22.1 Å². The largest absolute Gasteiger partial charge is 0.436 e. The van der Waals surface area contributed by atoms with Crippen molar-refractivity contribution < 1.29 is 19.1 Å². The summed E-state index contributed by atoms with van der Waals surface area (Å²) < 4.78 is 6.04. The molecule has 0 bridgehead atoms. The van der Waals surface area contributed by atoms with Gasteiger partial charge < -0.3 is 30.1 Å². The number of anilines is 2. The van der Waals surface area contributed by atoms with Crippen LogP contribution in [-0.2, 0) is 28.9 Å². The second-order valence-corrected chi connectivity index (χ2v) is 13.8. The number of benzene rings is 1. The van der Waals surface area contributed by atoms with Crippen LogP contribution in [0, 0.1) is 0 Å². The van der Waals surface area contributed by atoms with Crippen molar-refractivity contribution in [2.45, 2.75) is 83.0 Å². The molecule has 4 aliphatic heterocycles. The Morgan fingerprint density at radius 2 is 1.73 bits per heavy atom. The number of carbonyl (C=O) groups is 3. The molecule has 0 saturated carbocycles. The van der Waals surface area contributed by atoms with Gasteiger partial charge in [-0.15, -0.1) is 11.3 Å². The highest BCUT2D eigenvalue weighted by Gasteiger charge is 2.37. The lowest BCUT2D eigenvalue weighted by molar-refractivity contribution is -0.142. The van der Waals surface area contributed by atoms with Gasteiger partial charge in [0, 0.05) is 50.2 Å². The highest BCUT2D eigenvalue weighted by Crippen LogP contribution is 2.32. The number of rotatable bonds is 7. The molecule has 44 heavy (non-hydrogen) atoms. The molecule has 3 N–H and O–H groups in total. The first-order valence-corrected chi connectivity index (χ1v) is 17.3. The number of hydrogen-bond donors (Lipinski definition) is 2. The first kappa shape index (κ1) is 31.0. The number of urea groups is 1. The molecule has 1 aromatic heterocycles. The normalized spacial score (nSPS) is 20.9. The Hall–Kier alpha value is -3.02. The predicted molar refractivity (Wildman–Crippen MR) is 173 cm³/mol. The minimum atomic E-state index is -0.960. The van der Waals surface area contributed by atoms with Crippen LogP contribution in [0.15, 0.2) is 23.6 Å². The van der Waals surface area contributed by atoms with E-state index in [-0.39, 0.29) is 24.4 Å². The zero-order valence-corrected chi connectivity index (χ0v) is 27.0. The van der Waals surface area contributed by atoms with Gasteiger partial charge in [0.1, 0.15) is 5.00 Å². The minimum Gasteiger partial charge on any atom is -0.436 e. The Labute approximate surface area is 268 Å². The van der Waals surface area contributed by atoms with Gasteiger partial charge in [-0.05, 0) is 86.7 Å². The van der Waals surface area contributed by atoms with Gasteiger partial charge in [0.15, 0.2) is 6.10 Å². The van der Waals surface area contributed by atoms with Crippen molar-refractivity contribution in [3.63, 3.8) is 0 Å². The molecule has 3 fully saturated rings. The van der Waals surface area contributed by atoms with Gasteiger partial charge in [0.2, 0.25) is 0 Å². The number of piperidine rings is 2. The van der Waals surface area contributed by atoms with E-state index in [0.29, 0.717) is 68.7 Å². The van der Waals surface area contributed by atoms with E-state index in [9.17, 15) is 14.4 Å². The maximum absolute atomic E-state index is 13.9. The fraction of sp³-hybridized carbons (Fsp3) is 0.594. The summed E-state index contributed by atoms with van der Waals surface area (Å²) in [5.41, 5.74) is 9.57. The molecular formula is C32H43ClN6O4S. The van der Waals surface area contributed by atoms with Crippen LogP contribution in [0.2, 0.25) is 5.02 Å². The Balaban J connectivity index is 1.11. The molecule has 238 valence electrons. The molecule has 1 atom stereocenters. The number of nitrogens with two attached hydrogens (primary N) is 1. The third kappa shape index (κ3) is 6.65. The number of carbonyl (C=O) groups excluding carboxylic acids is 3. The summed E-state index contributed by atoms with van der Waals surface area (Å²) in [6.07, 6.45) is 5.16. The summed E-state index contributed by atoms with van der Waals surface area (Å²) in [6, 6.07) is 6.24. The van der Waals surface area contributed by atoms with Gasteiger partial charge in [0.25, 0.3) is 5.91 Å². The standard InChI is InChI=1S/C32H43ClN6O4S/c1-2-22-17-21(18-26(33)28(22)34)19-27(30(40)37-12-5-24(6-13-37)36-10-3-4-11-36)43-32(42)38-14-7-25(8-15-38)39-20-23-9-16-44-29(23)35-31(39)41/h9,16-18,24-25,27H,2-8,10-15,19-20,34H2,1H3,(H,35,41)/t27-/m1/s1. The third-order valence-corrected chi connectivity index (χ3v) is 10.9. The number of amides is 4. The number of nitrogens with zero attached hydrogens (tertiary/aromatic N) is 4. The van der Waals surface area contributed by atoms with E-state index in [2.05, 4.69) is 10.2 Å². The average Bonchev–Trinajstić information content (AvgIpc) is 3.74. The van der Waals surface area contributed by atoms with Crippen molar-refractivity contribution in [2.75, 3.05) is 50.3 Å². The molecule has 1 aromatic carbocycles. The molecule has 4 amide bonds. The van der Waals surface area contributed by atoms with Gasteiger partial charge in [-0.25, -0.2) is 9.59 Å². The van der Waals surface area contributed by atoms with Crippen molar-refractivity contribution in [1.82, 2.24) is 19.6 Å². The molecule has 6 rings (SSSR count). The summed E-state index contributed by atoms with van der Waals surface area (Å²) >= 11 is 7.99. The van der Waals surface area contributed by atoms with Crippen molar-refractivity contribution in [3.05, 3.63) is 45.3 Å². The summed E-state index contributed by atoms with van der Waals surface area (Å²) in [6.45, 7) is 7.11. The van der Waals surface area contributed by atoms with Gasteiger partial charge in [-0.3, -0.25) is 10.1 Å². The maximum atomic E-state index is 13.9. The van der Waals surface area contributed by atoms with Crippen LogP contribution in [0.3, 0.4) is 0 Å². The SMILES string of the molecule is CCc1cc(C[C@@H](OC(=O)N2CCC(N3Cc4ccsc4NC3=O)CC2)C(=O)N2CCC(N3CCCC3)CC2)cc(Cl)c1N. The fourth-order valence-electron chi connectivity index (χ4n) is 7.15. The third-order valence-electron chi connectivity index (χ3n) is 9.76. The minimum absolute atomic E-state index is 0.0332. The molecule has 2 aromatic rings. The first-order valence-electron chi connectivity index (χ1n) is 16.0. The van der Waals surface area contributed by atoms with Gasteiger partial charge >= 0.3 is 12.1 Å². The van der Waals surface area contributed by atoms with Crippen LogP contribution in [0.1, 0.15) is 62.1 Å². The van der Waals surface area contributed by atoms with Crippen LogP contribution < -0.4 is 11.1 Å². The predicted octanol–water partition coefficient (Wildman–Crippen LogP) is 5.19. The van der Waals surface area contributed by atoms with Crippen LogP contribution in [-0.4, -0.2) is 95.1 Å². The zero-order valence-electron chi connectivity index (χ0n) is 25.4. The van der Waals surface area contributed by atoms with Gasteiger partial charge in [-0.2, -0.15) is 0 Å². The first-order chi connectivity index (χ1) is 21.3. The molecule has 0 radical (unpaired) electrons. The molecule has 0 aliphatic carbocycles. The Morgan fingerprint density at radius 1 is 1.05 bits per heavy atom. The van der Waals surface area contributed by atoms with E-state index in [0.717, 1.165) is 47.6 Å². The number of nitrogen functional groups attached to an aromatic ring is 1. The van der Waals surface area contributed by atoms with Crippen LogP contribution in [0.25, 0.3) is 0 Å². The number of hydrogen-bond acceptors (Lipinski definition) is 7. The second-order valence-electron chi connectivity index (χ2n) is 12.4. The van der Waals surface area contributed by atoms with Gasteiger partial charge in [-0.1, -0.05) is 24.6 Å². The Bertz CT molecular complexity index is 1360. The summed E-state index contributed by atoms with van der Waals surface area (Å²) in [4.78, 5) is 48.2.